The van der Waals surface area contributed by atoms with E-state index in [0.717, 1.165) is 0 Å². The van der Waals surface area contributed by atoms with Gasteiger partial charge in [0.15, 0.2) is 0 Å². The Kier molecular flexibility index (Phi) is 4.90. The SMILES string of the molecule is CCn1nc(C)c(Cl)c1C(=O)Nc1cnn(Cc2ccccc2C)c1. The minimum absolute atomic E-state index is 0.289. The quantitative estimate of drug-likeness (QED) is 0.757. The lowest BCUT2D eigenvalue weighted by Crippen LogP contribution is -2.17. The maximum absolute atomic E-state index is 12.6. The maximum Gasteiger partial charge on any atom is 0.275 e. The van der Waals surface area contributed by atoms with Crippen LogP contribution >= 0.6 is 11.6 Å². The maximum atomic E-state index is 12.6. The molecule has 0 bridgehead atoms. The van der Waals surface area contributed by atoms with Crippen molar-refractivity contribution in [1.82, 2.24) is 19.6 Å². The molecule has 0 atom stereocenters. The number of amides is 1. The number of aryl methyl sites for hydroxylation is 3. The molecule has 3 rings (SSSR count). The van der Waals surface area contributed by atoms with Crippen molar-refractivity contribution in [3.05, 3.63) is 64.2 Å². The van der Waals surface area contributed by atoms with Crippen molar-refractivity contribution in [3.63, 3.8) is 0 Å². The van der Waals surface area contributed by atoms with Crippen LogP contribution < -0.4 is 5.32 Å². The summed E-state index contributed by atoms with van der Waals surface area (Å²) in [7, 11) is 0. The van der Waals surface area contributed by atoms with Crippen LogP contribution in [0.15, 0.2) is 36.7 Å². The van der Waals surface area contributed by atoms with Crippen LogP contribution in [0, 0.1) is 13.8 Å². The third kappa shape index (κ3) is 3.58. The number of hydrogen-bond donors (Lipinski definition) is 1. The fourth-order valence-corrected chi connectivity index (χ4v) is 2.89. The number of carbonyl (C=O) groups excluding carboxylic acids is 1. The standard InChI is InChI=1S/C18H20ClN5O/c1-4-24-17(16(19)13(3)22-24)18(25)21-15-9-20-23(11-15)10-14-8-6-5-7-12(14)2/h5-9,11H,4,10H2,1-3H3,(H,21,25). The van der Waals surface area contributed by atoms with Crippen LogP contribution in [0.4, 0.5) is 5.69 Å². The highest BCUT2D eigenvalue weighted by atomic mass is 35.5. The number of anilines is 1. The molecule has 0 radical (unpaired) electrons. The van der Waals surface area contributed by atoms with E-state index in [-0.39, 0.29) is 5.91 Å². The zero-order valence-electron chi connectivity index (χ0n) is 14.5. The predicted octanol–water partition coefficient (Wildman–Crippen LogP) is 3.67. The molecule has 25 heavy (non-hydrogen) atoms. The average molecular weight is 358 g/mol. The van der Waals surface area contributed by atoms with E-state index in [1.807, 2.05) is 19.1 Å². The van der Waals surface area contributed by atoms with Crippen LogP contribution in [0.3, 0.4) is 0 Å². The summed E-state index contributed by atoms with van der Waals surface area (Å²) in [5.41, 5.74) is 4.03. The molecule has 0 saturated carbocycles. The van der Waals surface area contributed by atoms with Gasteiger partial charge in [0.25, 0.3) is 5.91 Å². The molecule has 0 unspecified atom stereocenters. The zero-order valence-corrected chi connectivity index (χ0v) is 15.2. The summed E-state index contributed by atoms with van der Waals surface area (Å²) in [6, 6.07) is 8.15. The van der Waals surface area contributed by atoms with Crippen LogP contribution in [0.25, 0.3) is 0 Å². The Labute approximate surface area is 151 Å². The monoisotopic (exact) mass is 357 g/mol. The normalized spacial score (nSPS) is 10.9. The van der Waals surface area contributed by atoms with Gasteiger partial charge in [-0.1, -0.05) is 35.9 Å². The van der Waals surface area contributed by atoms with Crippen LogP contribution in [0.1, 0.15) is 34.2 Å². The van der Waals surface area contributed by atoms with E-state index in [2.05, 4.69) is 34.6 Å². The molecule has 0 spiro atoms. The molecule has 3 aromatic rings. The molecular weight excluding hydrogens is 338 g/mol. The summed E-state index contributed by atoms with van der Waals surface area (Å²) in [5.74, 6) is -0.289. The van der Waals surface area contributed by atoms with Gasteiger partial charge in [0.05, 0.1) is 29.1 Å². The first kappa shape index (κ1) is 17.2. The van der Waals surface area contributed by atoms with Gasteiger partial charge in [-0.15, -0.1) is 0 Å². The first-order valence-corrected chi connectivity index (χ1v) is 8.48. The lowest BCUT2D eigenvalue weighted by molar-refractivity contribution is 0.101. The molecule has 2 aromatic heterocycles. The lowest BCUT2D eigenvalue weighted by atomic mass is 10.1. The smallest absolute Gasteiger partial charge is 0.275 e. The predicted molar refractivity (Wildman–Crippen MR) is 98.1 cm³/mol. The van der Waals surface area contributed by atoms with E-state index < -0.39 is 0 Å². The van der Waals surface area contributed by atoms with Gasteiger partial charge in [-0.2, -0.15) is 10.2 Å². The summed E-state index contributed by atoms with van der Waals surface area (Å²) in [6.45, 7) is 6.99. The minimum atomic E-state index is -0.289. The molecular formula is C18H20ClN5O. The fourth-order valence-electron chi connectivity index (χ4n) is 2.67. The molecule has 6 nitrogen and oxygen atoms in total. The summed E-state index contributed by atoms with van der Waals surface area (Å²) >= 11 is 6.22. The van der Waals surface area contributed by atoms with Crippen molar-refractivity contribution in [3.8, 4) is 0 Å². The average Bonchev–Trinajstić information content (AvgIpc) is 3.14. The summed E-state index contributed by atoms with van der Waals surface area (Å²) < 4.78 is 3.40. The number of benzene rings is 1. The summed E-state index contributed by atoms with van der Waals surface area (Å²) in [4.78, 5) is 12.6. The number of rotatable bonds is 5. The van der Waals surface area contributed by atoms with Gasteiger partial charge in [-0.3, -0.25) is 14.2 Å². The van der Waals surface area contributed by atoms with Crippen LogP contribution in [-0.4, -0.2) is 25.5 Å². The van der Waals surface area contributed by atoms with Crippen molar-refractivity contribution in [1.29, 1.82) is 0 Å². The number of hydrogen-bond acceptors (Lipinski definition) is 3. The first-order chi connectivity index (χ1) is 12.0. The number of carbonyl (C=O) groups is 1. The molecule has 0 aliphatic heterocycles. The number of aromatic nitrogens is 4. The minimum Gasteiger partial charge on any atom is -0.318 e. The van der Waals surface area contributed by atoms with Gasteiger partial charge in [-0.05, 0) is 31.9 Å². The van der Waals surface area contributed by atoms with Gasteiger partial charge in [-0.25, -0.2) is 0 Å². The van der Waals surface area contributed by atoms with Crippen LogP contribution in [-0.2, 0) is 13.1 Å². The molecule has 7 heteroatoms. The molecule has 0 aliphatic rings. The third-order valence-corrected chi connectivity index (χ3v) is 4.51. The van der Waals surface area contributed by atoms with Crippen molar-refractivity contribution >= 4 is 23.2 Å². The third-order valence-electron chi connectivity index (χ3n) is 4.05. The van der Waals surface area contributed by atoms with Gasteiger partial charge >= 0.3 is 0 Å². The Hall–Kier alpha value is -2.60. The first-order valence-electron chi connectivity index (χ1n) is 8.10. The highest BCUT2D eigenvalue weighted by molar-refractivity contribution is 6.34. The molecule has 0 saturated heterocycles. The van der Waals surface area contributed by atoms with Crippen LogP contribution in [0.5, 0.6) is 0 Å². The van der Waals surface area contributed by atoms with Crippen molar-refractivity contribution in [2.45, 2.75) is 33.9 Å². The number of nitrogens with zero attached hydrogens (tertiary/aromatic N) is 4. The number of nitrogens with one attached hydrogen (secondary N) is 1. The van der Waals surface area contributed by atoms with E-state index in [4.69, 9.17) is 11.6 Å². The van der Waals surface area contributed by atoms with Crippen molar-refractivity contribution in [2.75, 3.05) is 5.32 Å². The lowest BCUT2D eigenvalue weighted by Gasteiger charge is -2.06. The molecule has 0 fully saturated rings. The highest BCUT2D eigenvalue weighted by Gasteiger charge is 2.20. The second-order valence-corrected chi connectivity index (χ2v) is 6.25. The Balaban J connectivity index is 1.76. The van der Waals surface area contributed by atoms with E-state index in [1.54, 1.807) is 28.7 Å². The Morgan fingerprint density at radius 1 is 1.28 bits per heavy atom. The Morgan fingerprint density at radius 2 is 2.04 bits per heavy atom. The largest absolute Gasteiger partial charge is 0.318 e. The molecule has 2 heterocycles. The van der Waals surface area contributed by atoms with Gasteiger partial charge in [0, 0.05) is 12.7 Å². The van der Waals surface area contributed by atoms with Gasteiger partial charge in [0.2, 0.25) is 0 Å². The molecule has 0 aliphatic carbocycles. The van der Waals surface area contributed by atoms with Crippen molar-refractivity contribution < 1.29 is 4.79 Å². The highest BCUT2D eigenvalue weighted by Crippen LogP contribution is 2.21. The second-order valence-electron chi connectivity index (χ2n) is 5.87. The Morgan fingerprint density at radius 3 is 2.76 bits per heavy atom. The zero-order chi connectivity index (χ0) is 18.0. The second kappa shape index (κ2) is 7.11. The van der Waals surface area contributed by atoms with Gasteiger partial charge < -0.3 is 5.32 Å². The van der Waals surface area contributed by atoms with Crippen LogP contribution in [0.2, 0.25) is 5.02 Å². The van der Waals surface area contributed by atoms with E-state index in [0.29, 0.717) is 35.2 Å². The van der Waals surface area contributed by atoms with E-state index in [1.165, 1.54) is 11.1 Å². The Bertz CT molecular complexity index is 912. The molecule has 1 N–H and O–H groups in total. The summed E-state index contributed by atoms with van der Waals surface area (Å²) in [6.07, 6.45) is 3.43. The van der Waals surface area contributed by atoms with Crippen molar-refractivity contribution in [2.24, 2.45) is 0 Å². The molecule has 1 aromatic carbocycles. The topological polar surface area (TPSA) is 64.7 Å². The summed E-state index contributed by atoms with van der Waals surface area (Å²) in [5, 5.41) is 11.8. The van der Waals surface area contributed by atoms with E-state index >= 15 is 0 Å². The fraction of sp³-hybridized carbons (Fsp3) is 0.278. The molecule has 130 valence electrons. The number of halogens is 1. The van der Waals surface area contributed by atoms with E-state index in [9.17, 15) is 4.79 Å². The molecule has 1 amide bonds. The van der Waals surface area contributed by atoms with Gasteiger partial charge in [0.1, 0.15) is 5.69 Å².